The highest BCUT2D eigenvalue weighted by Gasteiger charge is 2.45. The first-order valence-corrected chi connectivity index (χ1v) is 14.2. The molecule has 9 heteroatoms. The molecule has 2 aromatic carbocycles. The number of aldehydes is 1. The van der Waals surface area contributed by atoms with Crippen molar-refractivity contribution in [2.45, 2.75) is 50.2 Å². The van der Waals surface area contributed by atoms with Crippen molar-refractivity contribution in [3.8, 4) is 5.75 Å². The van der Waals surface area contributed by atoms with Crippen molar-refractivity contribution in [3.05, 3.63) is 70.9 Å². The first kappa shape index (κ1) is 26.5. The third kappa shape index (κ3) is 4.67. The lowest BCUT2D eigenvalue weighted by atomic mass is 9.74. The molecule has 0 radical (unpaired) electrons. The average Bonchev–Trinajstić information content (AvgIpc) is 3.65. The Labute approximate surface area is 235 Å². The second-order valence-corrected chi connectivity index (χ2v) is 11.4. The van der Waals surface area contributed by atoms with E-state index in [-0.39, 0.29) is 23.7 Å². The van der Waals surface area contributed by atoms with Gasteiger partial charge in [-0.3, -0.25) is 19.5 Å². The molecule has 0 bridgehead atoms. The second-order valence-electron chi connectivity index (χ2n) is 11.4. The highest BCUT2D eigenvalue weighted by Crippen LogP contribution is 2.48. The normalized spacial score (nSPS) is 20.5. The summed E-state index contributed by atoms with van der Waals surface area (Å²) in [5.74, 6) is 0.377. The molecular formula is C31H37N5O4. The van der Waals surface area contributed by atoms with E-state index in [0.717, 1.165) is 56.6 Å². The van der Waals surface area contributed by atoms with Crippen molar-refractivity contribution in [1.29, 1.82) is 0 Å². The van der Waals surface area contributed by atoms with Gasteiger partial charge in [-0.2, -0.15) is 0 Å². The Balaban J connectivity index is 1.15. The number of likely N-dealkylation sites (tertiary alicyclic amines) is 1. The van der Waals surface area contributed by atoms with Crippen molar-refractivity contribution in [1.82, 2.24) is 20.1 Å². The van der Waals surface area contributed by atoms with Crippen LogP contribution in [0.3, 0.4) is 0 Å². The van der Waals surface area contributed by atoms with Crippen LogP contribution < -0.4 is 15.1 Å². The Hall–Kier alpha value is -3.69. The predicted octanol–water partition coefficient (Wildman–Crippen LogP) is 2.84. The van der Waals surface area contributed by atoms with E-state index in [1.54, 1.807) is 11.9 Å². The number of anilines is 1. The van der Waals surface area contributed by atoms with Crippen molar-refractivity contribution in [2.24, 2.45) is 0 Å². The number of ether oxygens (including phenoxy) is 1. The zero-order chi connectivity index (χ0) is 27.9. The van der Waals surface area contributed by atoms with E-state index < -0.39 is 6.04 Å². The molecule has 4 aliphatic rings. The van der Waals surface area contributed by atoms with Gasteiger partial charge in [-0.05, 0) is 67.7 Å². The van der Waals surface area contributed by atoms with Crippen molar-refractivity contribution in [3.63, 3.8) is 0 Å². The van der Waals surface area contributed by atoms with E-state index in [9.17, 15) is 14.4 Å². The molecule has 2 aromatic rings. The molecule has 210 valence electrons. The molecule has 1 N–H and O–H groups in total. The van der Waals surface area contributed by atoms with Crippen LogP contribution in [-0.4, -0.2) is 79.3 Å². The van der Waals surface area contributed by atoms with E-state index in [2.05, 4.69) is 69.9 Å². The number of nitrogens with zero attached hydrogens (tertiary/aromatic N) is 4. The summed E-state index contributed by atoms with van der Waals surface area (Å²) in [6.07, 6.45) is 7.61. The fourth-order valence-corrected chi connectivity index (χ4v) is 6.66. The van der Waals surface area contributed by atoms with Crippen LogP contribution in [0.25, 0.3) is 0 Å². The number of benzene rings is 2. The summed E-state index contributed by atoms with van der Waals surface area (Å²) in [7, 11) is 3.65. The van der Waals surface area contributed by atoms with Crippen LogP contribution in [0.15, 0.2) is 48.7 Å². The molecule has 1 saturated heterocycles. The van der Waals surface area contributed by atoms with Gasteiger partial charge in [0.05, 0.1) is 12.3 Å². The quantitative estimate of drug-likeness (QED) is 0.513. The van der Waals surface area contributed by atoms with Crippen LogP contribution >= 0.6 is 0 Å². The van der Waals surface area contributed by atoms with Crippen LogP contribution in [0.2, 0.25) is 0 Å². The fraction of sp³-hybridized carbons (Fsp3) is 0.452. The lowest BCUT2D eigenvalue weighted by molar-refractivity contribution is -0.125. The Morgan fingerprint density at radius 3 is 2.75 bits per heavy atom. The first-order chi connectivity index (χ1) is 19.4. The van der Waals surface area contributed by atoms with Crippen LogP contribution in [0.1, 0.15) is 52.7 Å². The van der Waals surface area contributed by atoms with Crippen molar-refractivity contribution < 1.29 is 19.1 Å². The zero-order valence-corrected chi connectivity index (χ0v) is 23.3. The maximum absolute atomic E-state index is 13.3. The number of likely N-dealkylation sites (N-methyl/N-ethyl adjacent to an activating group) is 2. The van der Waals surface area contributed by atoms with Crippen LogP contribution in [-0.2, 0) is 28.1 Å². The van der Waals surface area contributed by atoms with Crippen molar-refractivity contribution >= 4 is 23.8 Å². The summed E-state index contributed by atoms with van der Waals surface area (Å²) >= 11 is 0. The lowest BCUT2D eigenvalue weighted by Gasteiger charge is -2.38. The molecule has 0 saturated carbocycles. The van der Waals surface area contributed by atoms with Crippen LogP contribution in [0.4, 0.5) is 5.69 Å². The Kier molecular flexibility index (Phi) is 7.10. The second kappa shape index (κ2) is 10.7. The number of fused-ring (bicyclic) bond motifs is 3. The van der Waals surface area contributed by atoms with Gasteiger partial charge >= 0.3 is 0 Å². The number of carbonyl (C=O) groups is 3. The van der Waals surface area contributed by atoms with E-state index in [1.807, 2.05) is 6.07 Å². The van der Waals surface area contributed by atoms with Gasteiger partial charge in [-0.15, -0.1) is 0 Å². The molecule has 1 fully saturated rings. The summed E-state index contributed by atoms with van der Waals surface area (Å²) < 4.78 is 6.20. The van der Waals surface area contributed by atoms with Gasteiger partial charge in [-0.1, -0.05) is 18.2 Å². The van der Waals surface area contributed by atoms with E-state index in [1.165, 1.54) is 16.8 Å². The van der Waals surface area contributed by atoms with E-state index in [0.29, 0.717) is 25.1 Å². The number of hydrogen-bond donors (Lipinski definition) is 1. The van der Waals surface area contributed by atoms with Crippen LogP contribution in [0, 0.1) is 0 Å². The molecule has 40 heavy (non-hydrogen) atoms. The number of hydrazine groups is 1. The monoisotopic (exact) mass is 543 g/mol. The molecule has 4 aliphatic heterocycles. The third-order valence-corrected chi connectivity index (χ3v) is 8.97. The Morgan fingerprint density at radius 2 is 2.02 bits per heavy atom. The van der Waals surface area contributed by atoms with Gasteiger partial charge in [0.25, 0.3) is 5.91 Å². The highest BCUT2D eigenvalue weighted by atomic mass is 16.5. The molecule has 9 nitrogen and oxygen atoms in total. The number of nitrogens with one attached hydrogen (secondary N) is 1. The SMILES string of the molecule is CNC(=O)C(CCC=O)N1Cc2cc3c(cc2C1=O)OCC31CCN(Cc2cccc(N3C=CCN3C)c2)CC1. The zero-order valence-electron chi connectivity index (χ0n) is 23.3. The lowest BCUT2D eigenvalue weighted by Crippen LogP contribution is -2.46. The largest absolute Gasteiger partial charge is 0.492 e. The molecular weight excluding hydrogens is 506 g/mol. The Morgan fingerprint density at radius 1 is 1.20 bits per heavy atom. The van der Waals surface area contributed by atoms with Gasteiger partial charge in [-0.25, -0.2) is 5.01 Å². The minimum atomic E-state index is -0.663. The highest BCUT2D eigenvalue weighted by molar-refractivity contribution is 6.01. The summed E-state index contributed by atoms with van der Waals surface area (Å²) in [6.45, 7) is 4.80. The smallest absolute Gasteiger partial charge is 0.255 e. The van der Waals surface area contributed by atoms with Gasteiger partial charge < -0.3 is 19.7 Å². The molecule has 1 unspecified atom stereocenters. The predicted molar refractivity (Wildman–Crippen MR) is 152 cm³/mol. The van der Waals surface area contributed by atoms with E-state index >= 15 is 0 Å². The number of hydrogen-bond acceptors (Lipinski definition) is 7. The number of rotatable bonds is 8. The standard InChI is InChI=1S/C31H37N5O4/c1-32-29(38)27(8-4-15-37)35-20-23-17-26-28(18-25(23)30(35)39)40-21-31(26)9-13-34(14-10-31)19-22-6-3-7-24(16-22)36-12-5-11-33(36)2/h3,5-7,12,15-18,27H,4,8-11,13-14,19-21H2,1-2H3,(H,32,38). The number of carbonyl (C=O) groups excluding carboxylic acids is 3. The van der Waals surface area contributed by atoms with Gasteiger partial charge in [0.15, 0.2) is 0 Å². The maximum atomic E-state index is 13.3. The van der Waals surface area contributed by atoms with Crippen LogP contribution in [0.5, 0.6) is 5.75 Å². The molecule has 6 rings (SSSR count). The molecule has 0 aliphatic carbocycles. The summed E-state index contributed by atoms with van der Waals surface area (Å²) in [4.78, 5) is 41.0. The average molecular weight is 544 g/mol. The van der Waals surface area contributed by atoms with Gasteiger partial charge in [0, 0.05) is 62.9 Å². The topological polar surface area (TPSA) is 85.4 Å². The maximum Gasteiger partial charge on any atom is 0.255 e. The summed E-state index contributed by atoms with van der Waals surface area (Å²) in [5.41, 5.74) is 5.17. The Bertz CT molecular complexity index is 1350. The molecule has 1 atom stereocenters. The van der Waals surface area contributed by atoms with E-state index in [4.69, 9.17) is 4.74 Å². The fourth-order valence-electron chi connectivity index (χ4n) is 6.66. The number of piperidine rings is 1. The summed E-state index contributed by atoms with van der Waals surface area (Å²) in [6, 6.07) is 12.1. The van der Waals surface area contributed by atoms with Crippen molar-refractivity contribution in [2.75, 3.05) is 45.3 Å². The molecule has 1 spiro atoms. The molecule has 2 amide bonds. The molecule has 4 heterocycles. The number of amides is 2. The first-order valence-electron chi connectivity index (χ1n) is 14.2. The minimum absolute atomic E-state index is 0.0556. The third-order valence-electron chi connectivity index (χ3n) is 8.97. The van der Waals surface area contributed by atoms with Gasteiger partial charge in [0.2, 0.25) is 5.91 Å². The minimum Gasteiger partial charge on any atom is -0.492 e. The van der Waals surface area contributed by atoms with Gasteiger partial charge in [0.1, 0.15) is 18.1 Å². The molecule has 0 aromatic heterocycles. The summed E-state index contributed by atoms with van der Waals surface area (Å²) in [5, 5.41) is 7.02.